The molecule has 0 bridgehead atoms. The molecule has 2 N–H and O–H groups in total. The number of nitrogens with zero attached hydrogens (tertiary/aromatic N) is 1. The van der Waals surface area contributed by atoms with Gasteiger partial charge in [0.2, 0.25) is 10.0 Å². The SMILES string of the molecule is CCS(=O)(=O)N(C)CCCNC(=O)NC(Cc1ccccc1)c1ccccc1. The summed E-state index contributed by atoms with van der Waals surface area (Å²) in [5.41, 5.74) is 2.18. The zero-order chi connectivity index (χ0) is 20.4. The lowest BCUT2D eigenvalue weighted by Gasteiger charge is -2.20. The first-order chi connectivity index (χ1) is 13.4. The molecule has 6 nitrogen and oxygen atoms in total. The lowest BCUT2D eigenvalue weighted by molar-refractivity contribution is 0.236. The molecule has 0 heterocycles. The molecule has 0 spiro atoms. The maximum absolute atomic E-state index is 12.4. The Morgan fingerprint density at radius 2 is 1.64 bits per heavy atom. The topological polar surface area (TPSA) is 78.5 Å². The van der Waals surface area contributed by atoms with Gasteiger partial charge in [0.1, 0.15) is 0 Å². The zero-order valence-electron chi connectivity index (χ0n) is 16.5. The van der Waals surface area contributed by atoms with E-state index in [4.69, 9.17) is 0 Å². The van der Waals surface area contributed by atoms with Crippen LogP contribution in [0.3, 0.4) is 0 Å². The molecule has 28 heavy (non-hydrogen) atoms. The average Bonchev–Trinajstić information content (AvgIpc) is 2.72. The lowest BCUT2D eigenvalue weighted by Crippen LogP contribution is -2.40. The molecule has 7 heteroatoms. The van der Waals surface area contributed by atoms with E-state index in [1.807, 2.05) is 60.7 Å². The molecule has 0 saturated heterocycles. The molecular formula is C21H29N3O3S. The van der Waals surface area contributed by atoms with E-state index in [0.29, 0.717) is 25.9 Å². The molecule has 0 aliphatic rings. The Kier molecular flexibility index (Phi) is 8.47. The van der Waals surface area contributed by atoms with E-state index < -0.39 is 10.0 Å². The molecule has 0 aromatic heterocycles. The molecule has 2 amide bonds. The first kappa shape index (κ1) is 21.9. The van der Waals surface area contributed by atoms with Crippen LogP contribution in [0.25, 0.3) is 0 Å². The van der Waals surface area contributed by atoms with Gasteiger partial charge in [-0.05, 0) is 30.9 Å². The molecule has 0 saturated carbocycles. The molecule has 2 aromatic rings. The van der Waals surface area contributed by atoms with Crippen molar-refractivity contribution in [2.24, 2.45) is 0 Å². The summed E-state index contributed by atoms with van der Waals surface area (Å²) in [5, 5.41) is 5.85. The van der Waals surface area contributed by atoms with E-state index in [1.54, 1.807) is 14.0 Å². The highest BCUT2D eigenvalue weighted by molar-refractivity contribution is 7.89. The number of carbonyl (C=O) groups is 1. The number of sulfonamides is 1. The number of amides is 2. The Morgan fingerprint density at radius 3 is 2.25 bits per heavy atom. The van der Waals surface area contributed by atoms with Gasteiger partial charge in [0, 0.05) is 20.1 Å². The van der Waals surface area contributed by atoms with E-state index >= 15 is 0 Å². The van der Waals surface area contributed by atoms with Gasteiger partial charge in [-0.15, -0.1) is 0 Å². The average molecular weight is 404 g/mol. The Balaban J connectivity index is 1.88. The van der Waals surface area contributed by atoms with Crippen molar-refractivity contribution in [3.8, 4) is 0 Å². The molecule has 0 aliphatic carbocycles. The predicted octanol–water partition coefficient (Wildman–Crippen LogP) is 2.94. The van der Waals surface area contributed by atoms with Gasteiger partial charge in [-0.1, -0.05) is 60.7 Å². The maximum atomic E-state index is 12.4. The number of hydrogen-bond acceptors (Lipinski definition) is 3. The Labute approximate surface area is 168 Å². The van der Waals surface area contributed by atoms with E-state index in [9.17, 15) is 13.2 Å². The van der Waals surface area contributed by atoms with Gasteiger partial charge in [-0.2, -0.15) is 0 Å². The first-order valence-electron chi connectivity index (χ1n) is 9.49. The summed E-state index contributed by atoms with van der Waals surface area (Å²) >= 11 is 0. The fourth-order valence-electron chi connectivity index (χ4n) is 2.86. The minimum absolute atomic E-state index is 0.0790. The number of carbonyl (C=O) groups excluding carboxylic acids is 1. The van der Waals surface area contributed by atoms with Crippen LogP contribution in [0.1, 0.15) is 30.5 Å². The largest absolute Gasteiger partial charge is 0.338 e. The number of hydrogen-bond donors (Lipinski definition) is 2. The number of urea groups is 1. The van der Waals surface area contributed by atoms with Crippen LogP contribution >= 0.6 is 0 Å². The van der Waals surface area contributed by atoms with Gasteiger partial charge in [0.15, 0.2) is 0 Å². The van der Waals surface area contributed by atoms with Gasteiger partial charge in [-0.3, -0.25) is 0 Å². The highest BCUT2D eigenvalue weighted by Crippen LogP contribution is 2.18. The third-order valence-electron chi connectivity index (χ3n) is 4.56. The van der Waals surface area contributed by atoms with Gasteiger partial charge >= 0.3 is 6.03 Å². The normalized spacial score (nSPS) is 12.5. The van der Waals surface area contributed by atoms with E-state index in [0.717, 1.165) is 11.1 Å². The van der Waals surface area contributed by atoms with Crippen LogP contribution in [0.2, 0.25) is 0 Å². The van der Waals surface area contributed by atoms with Crippen molar-refractivity contribution in [1.29, 1.82) is 0 Å². The van der Waals surface area contributed by atoms with Crippen LogP contribution in [-0.4, -0.2) is 44.6 Å². The van der Waals surface area contributed by atoms with Crippen molar-refractivity contribution in [3.63, 3.8) is 0 Å². The van der Waals surface area contributed by atoms with Crippen molar-refractivity contribution in [3.05, 3.63) is 71.8 Å². The van der Waals surface area contributed by atoms with Crippen LogP contribution < -0.4 is 10.6 Å². The Bertz CT molecular complexity index is 826. The Hall–Kier alpha value is -2.38. The van der Waals surface area contributed by atoms with Gasteiger partial charge < -0.3 is 10.6 Å². The van der Waals surface area contributed by atoms with E-state index in [1.165, 1.54) is 4.31 Å². The van der Waals surface area contributed by atoms with Gasteiger partial charge in [0.05, 0.1) is 11.8 Å². The number of nitrogens with one attached hydrogen (secondary N) is 2. The minimum Gasteiger partial charge on any atom is -0.338 e. The van der Waals surface area contributed by atoms with Crippen molar-refractivity contribution in [2.75, 3.05) is 25.9 Å². The molecule has 0 fully saturated rings. The molecular weight excluding hydrogens is 374 g/mol. The molecule has 1 atom stereocenters. The van der Waals surface area contributed by atoms with Crippen molar-refractivity contribution in [1.82, 2.24) is 14.9 Å². The second-order valence-electron chi connectivity index (χ2n) is 6.63. The summed E-state index contributed by atoms with van der Waals surface area (Å²) in [5.74, 6) is 0.0790. The molecule has 1 unspecified atom stereocenters. The molecule has 2 rings (SSSR count). The molecule has 2 aromatic carbocycles. The first-order valence-corrected chi connectivity index (χ1v) is 11.1. The highest BCUT2D eigenvalue weighted by Gasteiger charge is 2.16. The second kappa shape index (κ2) is 10.8. The van der Waals surface area contributed by atoms with Crippen molar-refractivity contribution < 1.29 is 13.2 Å². The standard InChI is InChI=1S/C21H29N3O3S/c1-3-28(26,27)24(2)16-10-15-22-21(25)23-20(19-13-8-5-9-14-19)17-18-11-6-4-7-12-18/h4-9,11-14,20H,3,10,15-17H2,1-2H3,(H2,22,23,25). The molecule has 0 radical (unpaired) electrons. The third-order valence-corrected chi connectivity index (χ3v) is 6.43. The summed E-state index contributed by atoms with van der Waals surface area (Å²) in [6.45, 7) is 2.40. The van der Waals surface area contributed by atoms with Crippen LogP contribution in [0, 0.1) is 0 Å². The fourth-order valence-corrected chi connectivity index (χ4v) is 3.71. The lowest BCUT2D eigenvalue weighted by atomic mass is 9.99. The number of benzene rings is 2. The maximum Gasteiger partial charge on any atom is 0.315 e. The number of rotatable bonds is 10. The quantitative estimate of drug-likeness (QED) is 0.599. The zero-order valence-corrected chi connectivity index (χ0v) is 17.3. The summed E-state index contributed by atoms with van der Waals surface area (Å²) in [4.78, 5) is 12.4. The van der Waals surface area contributed by atoms with E-state index in [-0.39, 0.29) is 17.8 Å². The predicted molar refractivity (Wildman–Crippen MR) is 113 cm³/mol. The van der Waals surface area contributed by atoms with Crippen molar-refractivity contribution in [2.45, 2.75) is 25.8 Å². The van der Waals surface area contributed by atoms with Gasteiger partial charge in [0.25, 0.3) is 0 Å². The van der Waals surface area contributed by atoms with E-state index in [2.05, 4.69) is 10.6 Å². The van der Waals surface area contributed by atoms with Crippen LogP contribution in [0.15, 0.2) is 60.7 Å². The van der Waals surface area contributed by atoms with Crippen LogP contribution in [0.5, 0.6) is 0 Å². The monoisotopic (exact) mass is 403 g/mol. The highest BCUT2D eigenvalue weighted by atomic mass is 32.2. The second-order valence-corrected chi connectivity index (χ2v) is 8.99. The smallest absolute Gasteiger partial charge is 0.315 e. The van der Waals surface area contributed by atoms with Crippen LogP contribution in [-0.2, 0) is 16.4 Å². The Morgan fingerprint density at radius 1 is 1.04 bits per heavy atom. The summed E-state index contributed by atoms with van der Waals surface area (Å²) < 4.78 is 24.8. The molecule has 0 aliphatic heterocycles. The van der Waals surface area contributed by atoms with Crippen LogP contribution in [0.4, 0.5) is 4.79 Å². The fraction of sp³-hybridized carbons (Fsp3) is 0.381. The third kappa shape index (κ3) is 6.98. The van der Waals surface area contributed by atoms with Crippen molar-refractivity contribution >= 4 is 16.1 Å². The summed E-state index contributed by atoms with van der Waals surface area (Å²) in [6.07, 6.45) is 1.24. The minimum atomic E-state index is -3.18. The summed E-state index contributed by atoms with van der Waals surface area (Å²) in [6, 6.07) is 19.5. The summed E-state index contributed by atoms with van der Waals surface area (Å²) in [7, 11) is -1.62. The van der Waals surface area contributed by atoms with Gasteiger partial charge in [-0.25, -0.2) is 17.5 Å². The molecule has 152 valence electrons.